The zero-order valence-electron chi connectivity index (χ0n) is 17.3. The molecule has 0 heterocycles. The van der Waals surface area contributed by atoms with Crippen LogP contribution in [0.3, 0.4) is 0 Å². The molecular formula is C25H21Cl2NO4. The largest absolute Gasteiger partial charge is 0.449 e. The van der Waals surface area contributed by atoms with Crippen molar-refractivity contribution in [2.24, 2.45) is 0 Å². The van der Waals surface area contributed by atoms with Gasteiger partial charge in [0.1, 0.15) is 0 Å². The van der Waals surface area contributed by atoms with Gasteiger partial charge in [-0.15, -0.1) is 0 Å². The van der Waals surface area contributed by atoms with Gasteiger partial charge in [-0.25, -0.2) is 0 Å². The summed E-state index contributed by atoms with van der Waals surface area (Å²) in [6.07, 6.45) is -1.42. The van der Waals surface area contributed by atoms with Crippen LogP contribution in [0.2, 0.25) is 10.0 Å². The van der Waals surface area contributed by atoms with E-state index in [9.17, 15) is 14.4 Å². The molecule has 3 aromatic carbocycles. The van der Waals surface area contributed by atoms with Crippen molar-refractivity contribution in [3.8, 4) is 0 Å². The molecule has 0 fully saturated rings. The van der Waals surface area contributed by atoms with Gasteiger partial charge in [-0.05, 0) is 36.8 Å². The Morgan fingerprint density at radius 2 is 1.53 bits per heavy atom. The van der Waals surface area contributed by atoms with E-state index in [1.807, 2.05) is 6.92 Å². The Balaban J connectivity index is 1.67. The number of benzene rings is 3. The maximum absolute atomic E-state index is 13.0. The lowest BCUT2D eigenvalue weighted by molar-refractivity contribution is -0.148. The molecule has 32 heavy (non-hydrogen) atoms. The summed E-state index contributed by atoms with van der Waals surface area (Å²) in [6.45, 7) is 1.84. The Bertz CT molecular complexity index is 1110. The van der Waals surface area contributed by atoms with Gasteiger partial charge in [-0.2, -0.15) is 0 Å². The molecule has 164 valence electrons. The average molecular weight is 470 g/mol. The number of amides is 1. The Morgan fingerprint density at radius 3 is 2.22 bits per heavy atom. The summed E-state index contributed by atoms with van der Waals surface area (Å²) in [4.78, 5) is 37.8. The van der Waals surface area contributed by atoms with Crippen molar-refractivity contribution in [1.29, 1.82) is 0 Å². The number of Topliss-reactive ketones (excluding diaryl/α,β-unsaturated/α-hetero) is 1. The molecule has 0 bridgehead atoms. The van der Waals surface area contributed by atoms with E-state index in [0.29, 0.717) is 26.9 Å². The van der Waals surface area contributed by atoms with Crippen molar-refractivity contribution in [3.05, 3.63) is 99.5 Å². The number of nitrogens with one attached hydrogen (secondary N) is 1. The van der Waals surface area contributed by atoms with Crippen molar-refractivity contribution in [2.45, 2.75) is 25.9 Å². The number of ketones is 1. The maximum atomic E-state index is 13.0. The number of hydrogen-bond donors (Lipinski definition) is 1. The minimum Gasteiger partial charge on any atom is -0.449 e. The monoisotopic (exact) mass is 469 g/mol. The normalized spacial score (nSPS) is 11.5. The molecule has 0 aliphatic carbocycles. The lowest BCUT2D eigenvalue weighted by Gasteiger charge is -2.18. The van der Waals surface area contributed by atoms with E-state index < -0.39 is 12.1 Å². The Kier molecular flexibility index (Phi) is 8.03. The minimum atomic E-state index is -1.14. The first-order chi connectivity index (χ1) is 15.3. The lowest BCUT2D eigenvalue weighted by Crippen LogP contribution is -2.21. The van der Waals surface area contributed by atoms with Gasteiger partial charge in [0.25, 0.3) is 0 Å². The molecule has 0 radical (unpaired) electrons. The number of halogens is 2. The molecule has 0 spiro atoms. The maximum Gasteiger partial charge on any atom is 0.307 e. The number of carbonyl (C=O) groups is 3. The molecule has 1 amide bonds. The molecular weight excluding hydrogens is 449 g/mol. The van der Waals surface area contributed by atoms with Crippen LogP contribution >= 0.6 is 23.2 Å². The number of esters is 1. The average Bonchev–Trinajstić information content (AvgIpc) is 2.79. The third-order valence-corrected chi connectivity index (χ3v) is 5.24. The molecule has 1 N–H and O–H groups in total. The molecule has 0 saturated heterocycles. The van der Waals surface area contributed by atoms with Gasteiger partial charge >= 0.3 is 5.97 Å². The fourth-order valence-electron chi connectivity index (χ4n) is 3.01. The van der Waals surface area contributed by atoms with E-state index in [-0.39, 0.29) is 24.5 Å². The highest BCUT2D eigenvalue weighted by Crippen LogP contribution is 2.25. The molecule has 0 aliphatic heterocycles. The summed E-state index contributed by atoms with van der Waals surface area (Å²) >= 11 is 11.9. The molecule has 5 nitrogen and oxygen atoms in total. The van der Waals surface area contributed by atoms with Crippen LogP contribution in [0.4, 0.5) is 5.69 Å². The SMILES string of the molecule is Cc1ccc(Cl)cc1NC(=O)CCC(=O)O[C@H](C(=O)c1ccccc1)c1ccc(Cl)cc1. The summed E-state index contributed by atoms with van der Waals surface area (Å²) in [6, 6.07) is 20.2. The van der Waals surface area contributed by atoms with Gasteiger partial charge in [0.05, 0.1) is 6.42 Å². The van der Waals surface area contributed by atoms with Crippen LogP contribution in [0.1, 0.15) is 40.4 Å². The van der Waals surface area contributed by atoms with Gasteiger partial charge in [0, 0.05) is 33.3 Å². The smallest absolute Gasteiger partial charge is 0.307 e. The molecule has 0 aliphatic rings. The molecule has 3 aromatic rings. The number of ether oxygens (including phenoxy) is 1. The number of aryl methyl sites for hydroxylation is 1. The van der Waals surface area contributed by atoms with Crippen molar-refractivity contribution >= 4 is 46.5 Å². The highest BCUT2D eigenvalue weighted by atomic mass is 35.5. The Hall–Kier alpha value is -3.15. The van der Waals surface area contributed by atoms with Gasteiger partial charge in [-0.3, -0.25) is 14.4 Å². The third-order valence-electron chi connectivity index (χ3n) is 4.75. The minimum absolute atomic E-state index is 0.0996. The zero-order chi connectivity index (χ0) is 23.1. The van der Waals surface area contributed by atoms with Gasteiger partial charge in [0.2, 0.25) is 11.7 Å². The number of rotatable bonds is 8. The second-order valence-corrected chi connectivity index (χ2v) is 8.03. The quantitative estimate of drug-likeness (QED) is 0.315. The zero-order valence-corrected chi connectivity index (χ0v) is 18.8. The van der Waals surface area contributed by atoms with Crippen LogP contribution in [0.5, 0.6) is 0 Å². The lowest BCUT2D eigenvalue weighted by atomic mass is 10.00. The van der Waals surface area contributed by atoms with E-state index in [1.165, 1.54) is 0 Å². The molecule has 0 aromatic heterocycles. The summed E-state index contributed by atoms with van der Waals surface area (Å²) in [7, 11) is 0. The summed E-state index contributed by atoms with van der Waals surface area (Å²) in [5.74, 6) is -1.38. The summed E-state index contributed by atoms with van der Waals surface area (Å²) in [5, 5.41) is 3.73. The molecule has 1 atom stereocenters. The number of anilines is 1. The Labute approximate surface area is 196 Å². The summed E-state index contributed by atoms with van der Waals surface area (Å²) < 4.78 is 5.50. The first kappa shape index (κ1) is 23.5. The predicted molar refractivity (Wildman–Crippen MR) is 125 cm³/mol. The highest BCUT2D eigenvalue weighted by Gasteiger charge is 2.26. The van der Waals surface area contributed by atoms with Crippen molar-refractivity contribution in [2.75, 3.05) is 5.32 Å². The summed E-state index contributed by atoms with van der Waals surface area (Å²) in [5.41, 5.74) is 2.33. The predicted octanol–water partition coefficient (Wildman–Crippen LogP) is 6.19. The van der Waals surface area contributed by atoms with Crippen LogP contribution in [0.15, 0.2) is 72.8 Å². The van der Waals surface area contributed by atoms with Crippen LogP contribution in [0, 0.1) is 6.92 Å². The number of hydrogen-bond acceptors (Lipinski definition) is 4. The van der Waals surface area contributed by atoms with E-state index >= 15 is 0 Å². The van der Waals surface area contributed by atoms with E-state index in [1.54, 1.807) is 72.8 Å². The molecule has 0 unspecified atom stereocenters. The third kappa shape index (κ3) is 6.42. The first-order valence-electron chi connectivity index (χ1n) is 9.93. The van der Waals surface area contributed by atoms with Gasteiger partial charge in [-0.1, -0.05) is 71.7 Å². The van der Waals surface area contributed by atoms with Crippen LogP contribution in [-0.4, -0.2) is 17.7 Å². The molecule has 0 saturated carbocycles. The molecule has 7 heteroatoms. The number of carbonyl (C=O) groups excluding carboxylic acids is 3. The van der Waals surface area contributed by atoms with E-state index in [0.717, 1.165) is 5.56 Å². The van der Waals surface area contributed by atoms with Crippen molar-refractivity contribution in [1.82, 2.24) is 0 Å². The first-order valence-corrected chi connectivity index (χ1v) is 10.7. The van der Waals surface area contributed by atoms with Crippen LogP contribution < -0.4 is 5.32 Å². The van der Waals surface area contributed by atoms with Crippen molar-refractivity contribution in [3.63, 3.8) is 0 Å². The second kappa shape index (κ2) is 10.9. The highest BCUT2D eigenvalue weighted by molar-refractivity contribution is 6.31. The Morgan fingerprint density at radius 1 is 0.875 bits per heavy atom. The van der Waals surface area contributed by atoms with Crippen LogP contribution in [-0.2, 0) is 14.3 Å². The van der Waals surface area contributed by atoms with E-state index in [4.69, 9.17) is 27.9 Å². The topological polar surface area (TPSA) is 72.5 Å². The van der Waals surface area contributed by atoms with Gasteiger partial charge < -0.3 is 10.1 Å². The van der Waals surface area contributed by atoms with Crippen molar-refractivity contribution < 1.29 is 19.1 Å². The fourth-order valence-corrected chi connectivity index (χ4v) is 3.31. The molecule has 3 rings (SSSR count). The fraction of sp³-hybridized carbons (Fsp3) is 0.160. The standard InChI is InChI=1S/C25H21Cl2NO4/c1-16-7-10-20(27)15-21(16)28-22(29)13-14-23(30)32-25(18-8-11-19(26)12-9-18)24(31)17-5-3-2-4-6-17/h2-12,15,25H,13-14H2,1H3,(H,28,29)/t25-/m0/s1. The van der Waals surface area contributed by atoms with Crippen LogP contribution in [0.25, 0.3) is 0 Å². The van der Waals surface area contributed by atoms with E-state index in [2.05, 4.69) is 5.32 Å². The van der Waals surface area contributed by atoms with Gasteiger partial charge in [0.15, 0.2) is 6.10 Å². The second-order valence-electron chi connectivity index (χ2n) is 7.16.